The van der Waals surface area contributed by atoms with Gasteiger partial charge in [-0.15, -0.1) is 5.10 Å². The van der Waals surface area contributed by atoms with Crippen molar-refractivity contribution in [3.8, 4) is 0 Å². The second-order valence-corrected chi connectivity index (χ2v) is 8.78. The summed E-state index contributed by atoms with van der Waals surface area (Å²) in [7, 11) is 2.39. The molecule has 0 bridgehead atoms. The van der Waals surface area contributed by atoms with E-state index in [9.17, 15) is 0 Å². The molecule has 25 heavy (non-hydrogen) atoms. The van der Waals surface area contributed by atoms with E-state index < -0.39 is 0 Å². The molecular formula is C19H30N6. The number of nitrogens with zero attached hydrogens (tertiary/aromatic N) is 4. The fraction of sp³-hybridized carbons (Fsp3) is 0.789. The highest BCUT2D eigenvalue weighted by molar-refractivity contribution is 5.40. The van der Waals surface area contributed by atoms with Crippen LogP contribution in [0, 0.1) is 5.92 Å². The Kier molecular flexibility index (Phi) is 3.77. The van der Waals surface area contributed by atoms with Gasteiger partial charge in [-0.3, -0.25) is 15.8 Å². The molecular weight excluding hydrogens is 312 g/mol. The van der Waals surface area contributed by atoms with Crippen LogP contribution in [0.1, 0.15) is 44.9 Å². The van der Waals surface area contributed by atoms with Gasteiger partial charge >= 0.3 is 0 Å². The number of nitrogens with one attached hydrogen (secondary N) is 2. The molecule has 1 aromatic rings. The predicted molar refractivity (Wildman–Crippen MR) is 98.2 cm³/mol. The third-order valence-corrected chi connectivity index (χ3v) is 7.64. The average molecular weight is 342 g/mol. The van der Waals surface area contributed by atoms with Gasteiger partial charge < -0.3 is 4.90 Å². The third-order valence-electron chi connectivity index (χ3n) is 7.64. The molecule has 4 atom stereocenters. The number of anilines is 1. The SMILES string of the molecule is CN1C(C2CCC3(CCNN3)C2)CCC12CCN(c1cccnn1)C2. The average Bonchev–Trinajstić information content (AvgIpc) is 3.42. The lowest BCUT2D eigenvalue weighted by Crippen LogP contribution is -2.49. The van der Waals surface area contributed by atoms with Crippen LogP contribution in [-0.2, 0) is 0 Å². The van der Waals surface area contributed by atoms with Gasteiger partial charge in [0.15, 0.2) is 5.82 Å². The number of hydrogen-bond donors (Lipinski definition) is 2. The van der Waals surface area contributed by atoms with Crippen molar-refractivity contribution in [3.63, 3.8) is 0 Å². The molecule has 5 rings (SSSR count). The minimum absolute atomic E-state index is 0.347. The summed E-state index contributed by atoms with van der Waals surface area (Å²) in [6.45, 7) is 3.34. The van der Waals surface area contributed by atoms with Gasteiger partial charge in [0.2, 0.25) is 0 Å². The molecule has 2 spiro atoms. The monoisotopic (exact) mass is 342 g/mol. The maximum Gasteiger partial charge on any atom is 0.151 e. The quantitative estimate of drug-likeness (QED) is 0.851. The molecule has 4 aliphatic rings. The van der Waals surface area contributed by atoms with E-state index in [-0.39, 0.29) is 0 Å². The molecule has 0 aromatic carbocycles. The Morgan fingerprint density at radius 2 is 2.16 bits per heavy atom. The zero-order valence-electron chi connectivity index (χ0n) is 15.2. The van der Waals surface area contributed by atoms with Crippen molar-refractivity contribution < 1.29 is 0 Å². The van der Waals surface area contributed by atoms with Crippen LogP contribution in [0.3, 0.4) is 0 Å². The van der Waals surface area contributed by atoms with E-state index in [1.165, 1.54) is 44.9 Å². The van der Waals surface area contributed by atoms with Crippen LogP contribution < -0.4 is 15.8 Å². The maximum absolute atomic E-state index is 4.33. The van der Waals surface area contributed by atoms with Gasteiger partial charge in [-0.05, 0) is 70.0 Å². The highest BCUT2D eigenvalue weighted by Crippen LogP contribution is 2.48. The van der Waals surface area contributed by atoms with Gasteiger partial charge in [0, 0.05) is 43.0 Å². The summed E-state index contributed by atoms with van der Waals surface area (Å²) >= 11 is 0. The van der Waals surface area contributed by atoms with Crippen LogP contribution in [-0.4, -0.2) is 58.9 Å². The van der Waals surface area contributed by atoms with Crippen LogP contribution in [0.4, 0.5) is 5.82 Å². The van der Waals surface area contributed by atoms with E-state index in [4.69, 9.17) is 0 Å². The van der Waals surface area contributed by atoms with E-state index in [2.05, 4.69) is 44.0 Å². The fourth-order valence-electron chi connectivity index (χ4n) is 6.15. The number of rotatable bonds is 2. The Morgan fingerprint density at radius 1 is 1.20 bits per heavy atom. The summed E-state index contributed by atoms with van der Waals surface area (Å²) in [6, 6.07) is 4.84. The maximum atomic E-state index is 4.33. The standard InChI is InChI=1S/C19H30N6/c1-24-16(15-4-6-18(13-15)8-11-21-23-18)5-7-19(24)9-12-25(14-19)17-3-2-10-20-22-17/h2-3,10,15-16,21,23H,4-9,11-14H2,1H3. The van der Waals surface area contributed by atoms with Crippen LogP contribution in [0.15, 0.2) is 18.3 Å². The van der Waals surface area contributed by atoms with Crippen LogP contribution in [0.2, 0.25) is 0 Å². The van der Waals surface area contributed by atoms with Gasteiger partial charge in [0.25, 0.3) is 0 Å². The molecule has 3 aliphatic heterocycles. The molecule has 4 heterocycles. The first-order valence-corrected chi connectivity index (χ1v) is 9.96. The smallest absolute Gasteiger partial charge is 0.151 e. The normalized spacial score (nSPS) is 41.6. The molecule has 1 aliphatic carbocycles. The summed E-state index contributed by atoms with van der Waals surface area (Å²) < 4.78 is 0. The highest BCUT2D eigenvalue weighted by atomic mass is 15.4. The van der Waals surface area contributed by atoms with Crippen LogP contribution in [0.25, 0.3) is 0 Å². The summed E-state index contributed by atoms with van der Waals surface area (Å²) in [6.07, 6.45) is 11.1. The Hall–Kier alpha value is -1.24. The number of likely N-dealkylation sites (tertiary alicyclic amines) is 1. The molecule has 2 N–H and O–H groups in total. The summed E-state index contributed by atoms with van der Waals surface area (Å²) in [5.41, 5.74) is 7.70. The van der Waals surface area contributed by atoms with Gasteiger partial charge in [-0.1, -0.05) is 0 Å². The van der Waals surface area contributed by atoms with Crippen molar-refractivity contribution in [2.75, 3.05) is 31.6 Å². The summed E-state index contributed by atoms with van der Waals surface area (Å²) in [5, 5.41) is 8.39. The summed E-state index contributed by atoms with van der Waals surface area (Å²) in [5.74, 6) is 1.89. The number of likely N-dealkylation sites (N-methyl/N-ethyl adjacent to an activating group) is 1. The van der Waals surface area contributed by atoms with Gasteiger partial charge in [-0.2, -0.15) is 5.10 Å². The van der Waals surface area contributed by atoms with Gasteiger partial charge in [0.1, 0.15) is 0 Å². The third kappa shape index (κ3) is 2.57. The van der Waals surface area contributed by atoms with E-state index in [1.807, 2.05) is 6.07 Å². The second-order valence-electron chi connectivity index (χ2n) is 8.78. The largest absolute Gasteiger partial charge is 0.353 e. The molecule has 1 saturated carbocycles. The van der Waals surface area contributed by atoms with Crippen molar-refractivity contribution in [2.45, 2.75) is 62.1 Å². The van der Waals surface area contributed by atoms with Crippen LogP contribution >= 0.6 is 0 Å². The fourth-order valence-corrected chi connectivity index (χ4v) is 6.15. The molecule has 0 radical (unpaired) electrons. The lowest BCUT2D eigenvalue weighted by molar-refractivity contribution is 0.117. The summed E-state index contributed by atoms with van der Waals surface area (Å²) in [4.78, 5) is 5.19. The van der Waals surface area contributed by atoms with E-state index in [0.717, 1.165) is 37.4 Å². The number of hydrazine groups is 1. The van der Waals surface area contributed by atoms with E-state index in [1.54, 1.807) is 6.20 Å². The molecule has 6 nitrogen and oxygen atoms in total. The zero-order valence-corrected chi connectivity index (χ0v) is 15.2. The van der Waals surface area contributed by atoms with E-state index >= 15 is 0 Å². The Morgan fingerprint density at radius 3 is 2.96 bits per heavy atom. The number of aromatic nitrogens is 2. The molecule has 1 aromatic heterocycles. The van der Waals surface area contributed by atoms with Crippen molar-refractivity contribution in [1.82, 2.24) is 25.9 Å². The molecule has 3 saturated heterocycles. The zero-order chi connectivity index (χ0) is 16.9. The molecule has 6 heteroatoms. The minimum atomic E-state index is 0.347. The predicted octanol–water partition coefficient (Wildman–Crippen LogP) is 1.56. The Labute approximate surface area is 150 Å². The minimum Gasteiger partial charge on any atom is -0.353 e. The molecule has 4 unspecified atom stereocenters. The Bertz CT molecular complexity index is 616. The van der Waals surface area contributed by atoms with E-state index in [0.29, 0.717) is 11.1 Å². The first-order valence-electron chi connectivity index (χ1n) is 9.96. The number of hydrogen-bond acceptors (Lipinski definition) is 6. The first kappa shape index (κ1) is 16.0. The highest BCUT2D eigenvalue weighted by Gasteiger charge is 2.53. The lowest BCUT2D eigenvalue weighted by Gasteiger charge is -2.38. The van der Waals surface area contributed by atoms with Crippen molar-refractivity contribution in [2.24, 2.45) is 5.92 Å². The first-order chi connectivity index (χ1) is 12.2. The van der Waals surface area contributed by atoms with Crippen molar-refractivity contribution >= 4 is 5.82 Å². The second kappa shape index (κ2) is 5.89. The van der Waals surface area contributed by atoms with Gasteiger partial charge in [-0.25, -0.2) is 0 Å². The molecule has 136 valence electrons. The van der Waals surface area contributed by atoms with Crippen molar-refractivity contribution in [3.05, 3.63) is 18.3 Å². The Balaban J connectivity index is 1.28. The van der Waals surface area contributed by atoms with Crippen molar-refractivity contribution in [1.29, 1.82) is 0 Å². The van der Waals surface area contributed by atoms with Crippen LogP contribution in [0.5, 0.6) is 0 Å². The van der Waals surface area contributed by atoms with Gasteiger partial charge in [0.05, 0.1) is 0 Å². The topological polar surface area (TPSA) is 56.3 Å². The lowest BCUT2D eigenvalue weighted by atomic mass is 9.90. The molecule has 0 amide bonds. The molecule has 4 fully saturated rings.